The average Bonchev–Trinajstić information content (AvgIpc) is 3.46. The van der Waals surface area contributed by atoms with E-state index in [2.05, 4.69) is 15.4 Å². The van der Waals surface area contributed by atoms with E-state index in [1.54, 1.807) is 11.3 Å². The van der Waals surface area contributed by atoms with E-state index in [0.717, 1.165) is 9.75 Å². The first kappa shape index (κ1) is 17.4. The zero-order chi connectivity index (χ0) is 18.5. The van der Waals surface area contributed by atoms with Gasteiger partial charge in [-0.05, 0) is 35.0 Å². The molecule has 0 aliphatic rings. The summed E-state index contributed by atoms with van der Waals surface area (Å²) in [6.07, 6.45) is 0. The van der Waals surface area contributed by atoms with Gasteiger partial charge in [-0.2, -0.15) is 9.67 Å². The van der Waals surface area contributed by atoms with E-state index >= 15 is 0 Å². The van der Waals surface area contributed by atoms with Crippen molar-refractivity contribution in [3.63, 3.8) is 0 Å². The lowest BCUT2D eigenvalue weighted by atomic mass is 10.3. The predicted molar refractivity (Wildman–Crippen MR) is 108 cm³/mol. The van der Waals surface area contributed by atoms with Crippen LogP contribution in [-0.4, -0.2) is 27.3 Å². The van der Waals surface area contributed by atoms with Gasteiger partial charge in [-0.1, -0.05) is 30.3 Å². The minimum absolute atomic E-state index is 0.120. The summed E-state index contributed by atoms with van der Waals surface area (Å²) in [5.74, 6) is 1.28. The van der Waals surface area contributed by atoms with Crippen molar-refractivity contribution >= 4 is 34.5 Å². The minimum Gasteiger partial charge on any atom is -0.484 e. The molecule has 0 fully saturated rings. The van der Waals surface area contributed by atoms with Crippen LogP contribution in [0, 0.1) is 0 Å². The molecule has 0 atom stereocenters. The van der Waals surface area contributed by atoms with Crippen molar-refractivity contribution in [1.82, 2.24) is 14.8 Å². The Morgan fingerprint density at radius 3 is 2.59 bits per heavy atom. The van der Waals surface area contributed by atoms with Crippen molar-refractivity contribution in [2.75, 3.05) is 11.9 Å². The van der Waals surface area contributed by atoms with Crippen LogP contribution < -0.4 is 10.1 Å². The molecule has 0 unspecified atom stereocenters. The number of hydrogen-bond donors (Lipinski definition) is 1. The highest BCUT2D eigenvalue weighted by molar-refractivity contribution is 7.13. The number of ether oxygens (including phenoxy) is 1. The number of nitrogens with zero attached hydrogens (tertiary/aromatic N) is 3. The Kier molecular flexibility index (Phi) is 5.27. The fourth-order valence-electron chi connectivity index (χ4n) is 2.41. The molecule has 0 aliphatic carbocycles. The Morgan fingerprint density at radius 2 is 1.85 bits per heavy atom. The maximum Gasteiger partial charge on any atom is 0.287 e. The van der Waals surface area contributed by atoms with Crippen molar-refractivity contribution in [2.24, 2.45) is 0 Å². The van der Waals surface area contributed by atoms with E-state index in [1.807, 2.05) is 65.4 Å². The number of carbonyl (C=O) groups excluding carboxylic acids is 1. The van der Waals surface area contributed by atoms with Crippen LogP contribution in [0.5, 0.6) is 5.75 Å². The number of benzene rings is 1. The SMILES string of the molecule is O=C(COc1ccccc1)n1nc(-c2cccs2)nc1NCc1cccs1. The number of para-hydroxylation sites is 1. The highest BCUT2D eigenvalue weighted by Crippen LogP contribution is 2.23. The number of hydrogen-bond acceptors (Lipinski definition) is 7. The minimum atomic E-state index is -0.289. The molecular weight excluding hydrogens is 380 g/mol. The van der Waals surface area contributed by atoms with Crippen LogP contribution in [0.25, 0.3) is 10.7 Å². The summed E-state index contributed by atoms with van der Waals surface area (Å²) in [7, 11) is 0. The van der Waals surface area contributed by atoms with Crippen LogP contribution in [0.2, 0.25) is 0 Å². The third-order valence-electron chi connectivity index (χ3n) is 3.69. The number of rotatable bonds is 7. The summed E-state index contributed by atoms with van der Waals surface area (Å²) in [5, 5.41) is 11.6. The van der Waals surface area contributed by atoms with Crippen molar-refractivity contribution in [3.8, 4) is 16.5 Å². The third-order valence-corrected chi connectivity index (χ3v) is 5.43. The molecule has 0 radical (unpaired) electrons. The van der Waals surface area contributed by atoms with E-state index in [9.17, 15) is 4.79 Å². The summed E-state index contributed by atoms with van der Waals surface area (Å²) in [6.45, 7) is 0.456. The highest BCUT2D eigenvalue weighted by Gasteiger charge is 2.18. The maximum absolute atomic E-state index is 12.7. The van der Waals surface area contributed by atoms with E-state index in [-0.39, 0.29) is 12.5 Å². The van der Waals surface area contributed by atoms with Gasteiger partial charge in [0.2, 0.25) is 5.95 Å². The zero-order valence-corrected chi connectivity index (χ0v) is 15.9. The second kappa shape index (κ2) is 8.15. The number of anilines is 1. The van der Waals surface area contributed by atoms with Crippen LogP contribution in [0.3, 0.4) is 0 Å². The summed E-state index contributed by atoms with van der Waals surface area (Å²) in [5.41, 5.74) is 0. The number of thiophene rings is 2. The molecule has 27 heavy (non-hydrogen) atoms. The van der Waals surface area contributed by atoms with Crippen molar-refractivity contribution in [2.45, 2.75) is 6.54 Å². The standard InChI is InChI=1S/C19H16N4O2S2/c24-17(13-25-14-6-2-1-3-7-14)23-19(20-12-15-8-4-10-26-15)21-18(22-23)16-9-5-11-27-16/h1-11H,12-13H2,(H,20,21,22). The van der Waals surface area contributed by atoms with Crippen LogP contribution >= 0.6 is 22.7 Å². The Bertz CT molecular complexity index is 996. The lowest BCUT2D eigenvalue weighted by molar-refractivity contribution is 0.0824. The predicted octanol–water partition coefficient (Wildman–Crippen LogP) is 4.40. The van der Waals surface area contributed by atoms with Crippen molar-refractivity contribution in [3.05, 3.63) is 70.2 Å². The lowest BCUT2D eigenvalue weighted by Crippen LogP contribution is -2.22. The van der Waals surface area contributed by atoms with E-state index in [4.69, 9.17) is 4.74 Å². The van der Waals surface area contributed by atoms with Gasteiger partial charge in [0.25, 0.3) is 5.91 Å². The Hall–Kier alpha value is -2.97. The molecule has 6 nitrogen and oxygen atoms in total. The van der Waals surface area contributed by atoms with E-state index in [1.165, 1.54) is 16.0 Å². The first-order chi connectivity index (χ1) is 13.3. The Morgan fingerprint density at radius 1 is 1.04 bits per heavy atom. The summed E-state index contributed by atoms with van der Waals surface area (Å²) < 4.78 is 6.85. The number of nitrogens with one attached hydrogen (secondary N) is 1. The summed E-state index contributed by atoms with van der Waals surface area (Å²) in [6, 6.07) is 17.1. The molecule has 3 aromatic heterocycles. The molecule has 8 heteroatoms. The molecular formula is C19H16N4O2S2. The Balaban J connectivity index is 1.54. The molecule has 1 N–H and O–H groups in total. The Labute approximate surface area is 164 Å². The molecule has 0 spiro atoms. The monoisotopic (exact) mass is 396 g/mol. The van der Waals surface area contributed by atoms with Gasteiger partial charge in [0.15, 0.2) is 12.4 Å². The van der Waals surface area contributed by atoms with Gasteiger partial charge >= 0.3 is 0 Å². The number of aromatic nitrogens is 3. The fraction of sp³-hybridized carbons (Fsp3) is 0.105. The lowest BCUT2D eigenvalue weighted by Gasteiger charge is -2.08. The molecule has 1 aromatic carbocycles. The van der Waals surface area contributed by atoms with Crippen molar-refractivity contribution < 1.29 is 9.53 Å². The van der Waals surface area contributed by atoms with Crippen LogP contribution in [0.1, 0.15) is 9.67 Å². The van der Waals surface area contributed by atoms with Gasteiger partial charge in [0.1, 0.15) is 5.75 Å². The maximum atomic E-state index is 12.7. The van der Waals surface area contributed by atoms with E-state index < -0.39 is 0 Å². The molecule has 4 aromatic rings. The fourth-order valence-corrected chi connectivity index (χ4v) is 3.71. The first-order valence-corrected chi connectivity index (χ1v) is 10.0. The van der Waals surface area contributed by atoms with Gasteiger partial charge < -0.3 is 10.1 Å². The second-order valence-electron chi connectivity index (χ2n) is 5.58. The summed E-state index contributed by atoms with van der Waals surface area (Å²) >= 11 is 3.17. The van der Waals surface area contributed by atoms with Gasteiger partial charge in [0.05, 0.1) is 11.4 Å². The highest BCUT2D eigenvalue weighted by atomic mass is 32.1. The molecule has 3 heterocycles. The second-order valence-corrected chi connectivity index (χ2v) is 7.56. The van der Waals surface area contributed by atoms with Gasteiger partial charge in [-0.25, -0.2) is 0 Å². The van der Waals surface area contributed by atoms with Crippen LogP contribution in [-0.2, 0) is 6.54 Å². The normalized spacial score (nSPS) is 10.7. The quantitative estimate of drug-likeness (QED) is 0.501. The third kappa shape index (κ3) is 4.24. The largest absolute Gasteiger partial charge is 0.484 e. The van der Waals surface area contributed by atoms with E-state index in [0.29, 0.717) is 24.1 Å². The number of carbonyl (C=O) groups is 1. The molecule has 0 bridgehead atoms. The van der Waals surface area contributed by atoms with Gasteiger partial charge in [-0.3, -0.25) is 4.79 Å². The van der Waals surface area contributed by atoms with Gasteiger partial charge in [-0.15, -0.1) is 27.8 Å². The van der Waals surface area contributed by atoms with Crippen molar-refractivity contribution in [1.29, 1.82) is 0 Å². The smallest absolute Gasteiger partial charge is 0.287 e. The molecule has 136 valence electrons. The zero-order valence-electron chi connectivity index (χ0n) is 14.2. The molecule has 0 amide bonds. The molecule has 4 rings (SSSR count). The first-order valence-electron chi connectivity index (χ1n) is 8.28. The van der Waals surface area contributed by atoms with Gasteiger partial charge in [0, 0.05) is 4.88 Å². The summed E-state index contributed by atoms with van der Waals surface area (Å²) in [4.78, 5) is 19.2. The molecule has 0 saturated carbocycles. The molecule has 0 aliphatic heterocycles. The average molecular weight is 396 g/mol. The van der Waals surface area contributed by atoms with Crippen LogP contribution in [0.4, 0.5) is 5.95 Å². The molecule has 0 saturated heterocycles. The topological polar surface area (TPSA) is 69.0 Å². The van der Waals surface area contributed by atoms with Crippen LogP contribution in [0.15, 0.2) is 65.4 Å².